The van der Waals surface area contributed by atoms with Gasteiger partial charge in [0.1, 0.15) is 5.82 Å². The Hall–Kier alpha value is -2.93. The summed E-state index contributed by atoms with van der Waals surface area (Å²) in [5.41, 5.74) is 2.78. The maximum atomic E-state index is 13.5. The Morgan fingerprint density at radius 2 is 1.67 bits per heavy atom. The molecule has 2 aromatic rings. The third kappa shape index (κ3) is 7.56. The molecule has 0 aliphatic heterocycles. The van der Waals surface area contributed by atoms with E-state index in [1.807, 2.05) is 70.0 Å². The zero-order valence-electron chi connectivity index (χ0n) is 20.7. The summed E-state index contributed by atoms with van der Waals surface area (Å²) in [4.78, 5) is 31.9. The summed E-state index contributed by atoms with van der Waals surface area (Å²) in [7, 11) is 7.90. The quantitative estimate of drug-likeness (QED) is 0.542. The first-order valence-electron chi connectivity index (χ1n) is 11.5. The number of hydrogen-bond donors (Lipinski definition) is 1. The van der Waals surface area contributed by atoms with Gasteiger partial charge in [-0.3, -0.25) is 9.59 Å². The highest BCUT2D eigenvalue weighted by Crippen LogP contribution is 2.26. The molecular formula is C26H37FN4O2. The minimum atomic E-state index is -0.456. The van der Waals surface area contributed by atoms with Crippen LogP contribution in [-0.4, -0.2) is 62.9 Å². The van der Waals surface area contributed by atoms with Gasteiger partial charge < -0.3 is 20.0 Å². The zero-order valence-corrected chi connectivity index (χ0v) is 20.7. The van der Waals surface area contributed by atoms with E-state index in [1.54, 1.807) is 6.07 Å². The predicted molar refractivity (Wildman–Crippen MR) is 133 cm³/mol. The van der Waals surface area contributed by atoms with Crippen molar-refractivity contribution in [3.05, 3.63) is 59.4 Å². The Morgan fingerprint density at radius 3 is 2.24 bits per heavy atom. The maximum Gasteiger partial charge on any atom is 0.255 e. The number of benzene rings is 2. The summed E-state index contributed by atoms with van der Waals surface area (Å²) < 4.78 is 13.5. The van der Waals surface area contributed by atoms with Crippen LogP contribution < -0.4 is 10.2 Å². The summed E-state index contributed by atoms with van der Waals surface area (Å²) >= 11 is 0. The number of likely N-dealkylation sites (N-methyl/N-ethyl adjacent to an activating group) is 1. The number of amides is 2. The molecule has 0 atom stereocenters. The van der Waals surface area contributed by atoms with Gasteiger partial charge in [-0.25, -0.2) is 4.39 Å². The molecule has 0 heterocycles. The van der Waals surface area contributed by atoms with Gasteiger partial charge in [0, 0.05) is 56.6 Å². The first-order chi connectivity index (χ1) is 15.7. The summed E-state index contributed by atoms with van der Waals surface area (Å²) in [6, 6.07) is 11.3. The number of halogens is 1. The molecule has 0 bridgehead atoms. The minimum absolute atomic E-state index is 0.00849. The van der Waals surface area contributed by atoms with Gasteiger partial charge in [-0.1, -0.05) is 19.9 Å². The van der Waals surface area contributed by atoms with Gasteiger partial charge in [0.15, 0.2) is 0 Å². The molecular weight excluding hydrogens is 419 g/mol. The Morgan fingerprint density at radius 1 is 0.970 bits per heavy atom. The number of rotatable bonds is 11. The lowest BCUT2D eigenvalue weighted by Crippen LogP contribution is -2.40. The second kappa shape index (κ2) is 12.3. The summed E-state index contributed by atoms with van der Waals surface area (Å²) in [6.07, 6.45) is 1.61. The van der Waals surface area contributed by atoms with Crippen molar-refractivity contribution in [3.63, 3.8) is 0 Å². The molecule has 2 aromatic carbocycles. The van der Waals surface area contributed by atoms with Gasteiger partial charge in [0.05, 0.1) is 0 Å². The SMILES string of the molecule is CCC(CC)C(=O)N(CCN(C)C)Cc1cc(NC(=O)c2cccc(F)c2)ccc1N(C)C. The lowest BCUT2D eigenvalue weighted by atomic mass is 10.0. The van der Waals surface area contributed by atoms with Crippen molar-refractivity contribution in [2.75, 3.05) is 51.5 Å². The number of hydrogen-bond acceptors (Lipinski definition) is 4. The van der Waals surface area contributed by atoms with Crippen LogP contribution in [0.1, 0.15) is 42.6 Å². The van der Waals surface area contributed by atoms with Crippen molar-refractivity contribution < 1.29 is 14.0 Å². The van der Waals surface area contributed by atoms with E-state index in [1.165, 1.54) is 18.2 Å². The van der Waals surface area contributed by atoms with E-state index in [9.17, 15) is 14.0 Å². The molecule has 1 N–H and O–H groups in total. The number of nitrogens with zero attached hydrogens (tertiary/aromatic N) is 3. The van der Waals surface area contributed by atoms with Crippen molar-refractivity contribution in [2.45, 2.75) is 33.2 Å². The molecule has 0 aromatic heterocycles. The number of carbonyl (C=O) groups is 2. The topological polar surface area (TPSA) is 55.9 Å². The highest BCUT2D eigenvalue weighted by atomic mass is 19.1. The van der Waals surface area contributed by atoms with Gasteiger partial charge in [-0.2, -0.15) is 0 Å². The molecule has 0 saturated carbocycles. The molecule has 180 valence electrons. The molecule has 0 fully saturated rings. The minimum Gasteiger partial charge on any atom is -0.377 e. The third-order valence-electron chi connectivity index (χ3n) is 5.73. The van der Waals surface area contributed by atoms with Crippen LogP contribution >= 0.6 is 0 Å². The van der Waals surface area contributed by atoms with Gasteiger partial charge in [0.25, 0.3) is 5.91 Å². The maximum absolute atomic E-state index is 13.5. The number of anilines is 2. The highest BCUT2D eigenvalue weighted by molar-refractivity contribution is 6.04. The average molecular weight is 457 g/mol. The molecule has 0 unspecified atom stereocenters. The standard InChI is InChI=1S/C26H37FN4O2/c1-7-19(8-2)26(33)31(15-14-29(3)4)18-21-17-23(12-13-24(21)30(5)6)28-25(32)20-10-9-11-22(27)16-20/h9-13,16-17,19H,7-8,14-15,18H2,1-6H3,(H,28,32). The van der Waals surface area contributed by atoms with Crippen molar-refractivity contribution >= 4 is 23.2 Å². The van der Waals surface area contributed by atoms with Crippen LogP contribution in [0.4, 0.5) is 15.8 Å². The van der Waals surface area contributed by atoms with Crippen LogP contribution in [0.2, 0.25) is 0 Å². The second-order valence-corrected chi connectivity index (χ2v) is 8.78. The zero-order chi connectivity index (χ0) is 24.5. The highest BCUT2D eigenvalue weighted by Gasteiger charge is 2.23. The van der Waals surface area contributed by atoms with E-state index in [0.29, 0.717) is 18.8 Å². The molecule has 0 spiro atoms. The fourth-order valence-electron chi connectivity index (χ4n) is 3.75. The smallest absolute Gasteiger partial charge is 0.255 e. The Kier molecular flexibility index (Phi) is 9.85. The first-order valence-corrected chi connectivity index (χ1v) is 11.5. The van der Waals surface area contributed by atoms with Crippen LogP contribution in [0.3, 0.4) is 0 Å². The van der Waals surface area contributed by atoms with E-state index < -0.39 is 5.82 Å². The van der Waals surface area contributed by atoms with Crippen molar-refractivity contribution in [3.8, 4) is 0 Å². The molecule has 6 nitrogen and oxygen atoms in total. The summed E-state index contributed by atoms with van der Waals surface area (Å²) in [5, 5.41) is 2.85. The fourth-order valence-corrected chi connectivity index (χ4v) is 3.75. The summed E-state index contributed by atoms with van der Waals surface area (Å²) in [5.74, 6) is -0.690. The van der Waals surface area contributed by atoms with Crippen LogP contribution in [-0.2, 0) is 11.3 Å². The monoisotopic (exact) mass is 456 g/mol. The van der Waals surface area contributed by atoms with Crippen LogP contribution in [0, 0.1) is 11.7 Å². The van der Waals surface area contributed by atoms with E-state index >= 15 is 0 Å². The Balaban J connectivity index is 2.33. The average Bonchev–Trinajstić information content (AvgIpc) is 2.77. The van der Waals surface area contributed by atoms with Crippen molar-refractivity contribution in [1.82, 2.24) is 9.80 Å². The van der Waals surface area contributed by atoms with E-state index in [2.05, 4.69) is 10.2 Å². The lowest BCUT2D eigenvalue weighted by Gasteiger charge is -2.30. The van der Waals surface area contributed by atoms with Crippen LogP contribution in [0.25, 0.3) is 0 Å². The lowest BCUT2D eigenvalue weighted by molar-refractivity contribution is -0.136. The molecule has 2 amide bonds. The fraction of sp³-hybridized carbons (Fsp3) is 0.462. The van der Waals surface area contributed by atoms with Crippen molar-refractivity contribution in [2.24, 2.45) is 5.92 Å². The van der Waals surface area contributed by atoms with Crippen LogP contribution in [0.5, 0.6) is 0 Å². The molecule has 33 heavy (non-hydrogen) atoms. The molecule has 7 heteroatoms. The normalized spacial score (nSPS) is 11.1. The third-order valence-corrected chi connectivity index (χ3v) is 5.73. The Bertz CT molecular complexity index is 942. The van der Waals surface area contributed by atoms with Crippen LogP contribution in [0.15, 0.2) is 42.5 Å². The molecule has 0 radical (unpaired) electrons. The van der Waals surface area contributed by atoms with Crippen molar-refractivity contribution in [1.29, 1.82) is 0 Å². The van der Waals surface area contributed by atoms with E-state index in [0.717, 1.165) is 30.6 Å². The number of nitrogens with one attached hydrogen (secondary N) is 1. The van der Waals surface area contributed by atoms with Gasteiger partial charge >= 0.3 is 0 Å². The summed E-state index contributed by atoms with van der Waals surface area (Å²) in [6.45, 7) is 5.92. The Labute approximate surface area is 197 Å². The predicted octanol–water partition coefficient (Wildman–Crippen LogP) is 4.47. The molecule has 0 aliphatic carbocycles. The first kappa shape index (κ1) is 26.3. The number of carbonyl (C=O) groups excluding carboxylic acids is 2. The molecule has 0 aliphatic rings. The van der Waals surface area contributed by atoms with E-state index in [4.69, 9.17) is 0 Å². The molecule has 0 saturated heterocycles. The largest absolute Gasteiger partial charge is 0.377 e. The second-order valence-electron chi connectivity index (χ2n) is 8.78. The van der Waals surface area contributed by atoms with Gasteiger partial charge in [-0.05, 0) is 68.9 Å². The van der Waals surface area contributed by atoms with Gasteiger partial charge in [0.2, 0.25) is 5.91 Å². The van der Waals surface area contributed by atoms with E-state index in [-0.39, 0.29) is 23.3 Å². The van der Waals surface area contributed by atoms with Gasteiger partial charge in [-0.15, -0.1) is 0 Å². The molecule has 2 rings (SSSR count).